The van der Waals surface area contributed by atoms with Gasteiger partial charge < -0.3 is 20.1 Å². The van der Waals surface area contributed by atoms with Crippen molar-refractivity contribution in [1.29, 1.82) is 0 Å². The molecular formula is C26H24N2O5S. The van der Waals surface area contributed by atoms with Crippen molar-refractivity contribution in [3.05, 3.63) is 107 Å². The minimum Gasteiger partial charge on any atom is -0.492 e. The number of hydrogen-bond acceptors (Lipinski definition) is 5. The van der Waals surface area contributed by atoms with Gasteiger partial charge in [-0.15, -0.1) is 11.8 Å². The first-order valence-corrected chi connectivity index (χ1v) is 11.6. The van der Waals surface area contributed by atoms with E-state index in [4.69, 9.17) is 15.6 Å². The first kappa shape index (κ1) is 24.6. The Morgan fingerprint density at radius 3 is 2.26 bits per heavy atom. The maximum Gasteiger partial charge on any atom is 0.335 e. The minimum atomic E-state index is -1.05. The van der Waals surface area contributed by atoms with Gasteiger partial charge >= 0.3 is 5.97 Å². The third-order valence-corrected chi connectivity index (χ3v) is 5.69. The molecule has 0 unspecified atom stereocenters. The number of hydrogen-bond donors (Lipinski definition) is 2. The summed E-state index contributed by atoms with van der Waals surface area (Å²) in [5.41, 5.74) is 5.50. The summed E-state index contributed by atoms with van der Waals surface area (Å²) in [4.78, 5) is 35.3. The molecule has 8 heteroatoms. The van der Waals surface area contributed by atoms with Crippen LogP contribution in [0.5, 0.6) is 5.75 Å². The van der Waals surface area contributed by atoms with E-state index >= 15 is 0 Å². The van der Waals surface area contributed by atoms with Crippen LogP contribution < -0.4 is 16.0 Å². The van der Waals surface area contributed by atoms with Crippen LogP contribution in [0.2, 0.25) is 0 Å². The predicted octanol–water partition coefficient (Wildman–Crippen LogP) is 4.29. The summed E-state index contributed by atoms with van der Waals surface area (Å²) in [7, 11) is 0. The van der Waals surface area contributed by atoms with Crippen molar-refractivity contribution < 1.29 is 19.4 Å². The number of rotatable bonds is 7. The molecule has 0 radical (unpaired) electrons. The molecule has 1 amide bonds. The van der Waals surface area contributed by atoms with Gasteiger partial charge in [0.25, 0.3) is 5.56 Å². The van der Waals surface area contributed by atoms with Crippen LogP contribution in [0.3, 0.4) is 0 Å². The average molecular weight is 477 g/mol. The Kier molecular flexibility index (Phi) is 8.48. The quantitative estimate of drug-likeness (QED) is 0.385. The second kappa shape index (κ2) is 11.7. The van der Waals surface area contributed by atoms with Crippen molar-refractivity contribution in [1.82, 2.24) is 4.57 Å². The number of benzene rings is 3. The Bertz CT molecular complexity index is 1340. The van der Waals surface area contributed by atoms with Crippen molar-refractivity contribution >= 4 is 34.4 Å². The molecule has 7 nitrogen and oxygen atoms in total. The van der Waals surface area contributed by atoms with Crippen molar-refractivity contribution in [2.45, 2.75) is 11.4 Å². The van der Waals surface area contributed by atoms with Crippen LogP contribution in [0.1, 0.15) is 20.7 Å². The number of para-hydroxylation sites is 1. The maximum absolute atomic E-state index is 12.5. The summed E-state index contributed by atoms with van der Waals surface area (Å²) in [6, 6.07) is 22.9. The summed E-state index contributed by atoms with van der Waals surface area (Å²) in [5, 5.41) is 10.2. The summed E-state index contributed by atoms with van der Waals surface area (Å²) in [5.74, 6) is -0.679. The number of nitrogens with two attached hydrogens (primary N) is 1. The molecule has 0 aliphatic carbocycles. The Labute approximate surface area is 200 Å². The van der Waals surface area contributed by atoms with Crippen LogP contribution in [0.25, 0.3) is 10.8 Å². The molecule has 3 N–H and O–H groups in total. The lowest BCUT2D eigenvalue weighted by molar-refractivity contribution is 0.0696. The normalized spacial score (nSPS) is 10.3. The number of aromatic nitrogens is 1. The Hall–Kier alpha value is -4.04. The van der Waals surface area contributed by atoms with Gasteiger partial charge in [0.05, 0.1) is 12.1 Å². The lowest BCUT2D eigenvalue weighted by Gasteiger charge is -2.09. The zero-order chi connectivity index (χ0) is 24.5. The van der Waals surface area contributed by atoms with Gasteiger partial charge in [-0.05, 0) is 66.2 Å². The number of nitrogens with zero attached hydrogens (tertiary/aromatic N) is 1. The van der Waals surface area contributed by atoms with Crippen molar-refractivity contribution in [3.8, 4) is 5.75 Å². The first-order valence-electron chi connectivity index (χ1n) is 10.4. The third kappa shape index (κ3) is 6.49. The van der Waals surface area contributed by atoms with Crippen LogP contribution in [-0.4, -0.2) is 34.4 Å². The van der Waals surface area contributed by atoms with E-state index in [2.05, 4.69) is 0 Å². The van der Waals surface area contributed by atoms with E-state index < -0.39 is 5.97 Å². The van der Waals surface area contributed by atoms with E-state index in [9.17, 15) is 14.4 Å². The largest absolute Gasteiger partial charge is 0.492 e. The van der Waals surface area contributed by atoms with Gasteiger partial charge in [0.2, 0.25) is 5.91 Å². The smallest absolute Gasteiger partial charge is 0.335 e. The van der Waals surface area contributed by atoms with Crippen LogP contribution in [0, 0.1) is 0 Å². The number of thioether (sulfide) groups is 1. The molecule has 0 spiro atoms. The molecule has 4 aromatic rings. The number of carbonyl (C=O) groups excluding carboxylic acids is 1. The van der Waals surface area contributed by atoms with Gasteiger partial charge in [-0.3, -0.25) is 9.59 Å². The highest BCUT2D eigenvalue weighted by Crippen LogP contribution is 2.14. The Morgan fingerprint density at radius 2 is 1.65 bits per heavy atom. The zero-order valence-electron chi connectivity index (χ0n) is 18.5. The fourth-order valence-corrected chi connectivity index (χ4v) is 3.53. The van der Waals surface area contributed by atoms with Gasteiger partial charge in [0, 0.05) is 22.0 Å². The Balaban J connectivity index is 0.000000248. The van der Waals surface area contributed by atoms with E-state index in [1.165, 1.54) is 16.7 Å². The van der Waals surface area contributed by atoms with Crippen molar-refractivity contribution in [2.24, 2.45) is 5.73 Å². The van der Waals surface area contributed by atoms with E-state index in [1.807, 2.05) is 48.7 Å². The topological polar surface area (TPSA) is 112 Å². The molecule has 0 bridgehead atoms. The number of carbonyl (C=O) groups is 2. The molecule has 1 aromatic heterocycles. The number of carboxylic acids is 1. The number of pyridine rings is 1. The summed E-state index contributed by atoms with van der Waals surface area (Å²) < 4.78 is 7.11. The highest BCUT2D eigenvalue weighted by molar-refractivity contribution is 7.98. The predicted molar refractivity (Wildman–Crippen MR) is 134 cm³/mol. The van der Waals surface area contributed by atoms with E-state index in [1.54, 1.807) is 42.2 Å². The Morgan fingerprint density at radius 1 is 0.971 bits per heavy atom. The van der Waals surface area contributed by atoms with Gasteiger partial charge in [-0.25, -0.2) is 4.79 Å². The van der Waals surface area contributed by atoms with Gasteiger partial charge in [0.15, 0.2) is 0 Å². The summed E-state index contributed by atoms with van der Waals surface area (Å²) >= 11 is 1.64. The van der Waals surface area contributed by atoms with Gasteiger partial charge in [0.1, 0.15) is 12.4 Å². The van der Waals surface area contributed by atoms with Crippen LogP contribution in [0.4, 0.5) is 0 Å². The second-order valence-corrected chi connectivity index (χ2v) is 8.06. The van der Waals surface area contributed by atoms with Crippen LogP contribution in [-0.2, 0) is 6.54 Å². The third-order valence-electron chi connectivity index (χ3n) is 4.94. The number of fused-ring (bicyclic) bond motifs is 1. The number of amides is 1. The fraction of sp³-hybridized carbons (Fsp3) is 0.115. The lowest BCUT2D eigenvalue weighted by atomic mass is 10.1. The molecule has 1 heterocycles. The molecular weight excluding hydrogens is 452 g/mol. The van der Waals surface area contributed by atoms with Crippen molar-refractivity contribution in [2.75, 3.05) is 12.9 Å². The van der Waals surface area contributed by atoms with E-state index in [0.29, 0.717) is 24.1 Å². The minimum absolute atomic E-state index is 0.105. The van der Waals surface area contributed by atoms with Crippen molar-refractivity contribution in [3.63, 3.8) is 0 Å². The number of primary amides is 1. The van der Waals surface area contributed by atoms with Gasteiger partial charge in [-0.1, -0.05) is 24.3 Å². The van der Waals surface area contributed by atoms with Crippen LogP contribution in [0.15, 0.2) is 94.7 Å². The molecule has 34 heavy (non-hydrogen) atoms. The first-order chi connectivity index (χ1) is 16.4. The van der Waals surface area contributed by atoms with Gasteiger partial charge in [-0.2, -0.15) is 0 Å². The standard InChI is InChI=1S/C18H15NO4.C8H9NOS/c20-17-16-12-14(18(21)22)7-6-13(16)8-9-19(17)10-11-23-15-4-2-1-3-5-15;1-11-7-4-2-6(3-5-7)8(9)10/h1-9,12H,10-11H2,(H,21,22);2-5H,1H3,(H2,9,10). The second-order valence-electron chi connectivity index (χ2n) is 7.18. The number of carboxylic acid groups (broad SMARTS) is 1. The monoisotopic (exact) mass is 476 g/mol. The molecule has 0 aliphatic rings. The summed E-state index contributed by atoms with van der Waals surface area (Å²) in [6.07, 6.45) is 3.68. The molecule has 0 aliphatic heterocycles. The zero-order valence-corrected chi connectivity index (χ0v) is 19.3. The maximum atomic E-state index is 12.5. The molecule has 4 rings (SSSR count). The fourth-order valence-electron chi connectivity index (χ4n) is 3.12. The number of ether oxygens (including phenoxy) is 1. The molecule has 3 aromatic carbocycles. The van der Waals surface area contributed by atoms with Crippen LogP contribution >= 0.6 is 11.8 Å². The number of aromatic carboxylic acids is 1. The average Bonchev–Trinajstić information content (AvgIpc) is 2.86. The lowest BCUT2D eigenvalue weighted by Crippen LogP contribution is -2.22. The van der Waals surface area contributed by atoms with E-state index in [-0.39, 0.29) is 17.0 Å². The molecule has 0 atom stereocenters. The SMILES string of the molecule is CSc1ccc(C(N)=O)cc1.O=C(O)c1ccc2ccn(CCOc3ccccc3)c(=O)c2c1. The molecule has 174 valence electrons. The van der Waals surface area contributed by atoms with E-state index in [0.717, 1.165) is 16.0 Å². The summed E-state index contributed by atoms with van der Waals surface area (Å²) in [6.45, 7) is 0.745. The molecule has 0 saturated carbocycles. The highest BCUT2D eigenvalue weighted by Gasteiger charge is 2.08. The molecule has 0 fully saturated rings. The molecule has 0 saturated heterocycles. The highest BCUT2D eigenvalue weighted by atomic mass is 32.2.